The van der Waals surface area contributed by atoms with Crippen LogP contribution in [0.5, 0.6) is 0 Å². The van der Waals surface area contributed by atoms with E-state index in [1.807, 2.05) is 91.0 Å². The average Bonchev–Trinajstić information content (AvgIpc) is 3.60. The molecule has 1 aliphatic rings. The lowest BCUT2D eigenvalue weighted by atomic mass is 9.94. The van der Waals surface area contributed by atoms with Gasteiger partial charge in [-0.3, -0.25) is 4.57 Å². The highest BCUT2D eigenvalue weighted by Gasteiger charge is 2.60. The number of ether oxygens (including phenoxy) is 4. The molecule has 0 bridgehead atoms. The summed E-state index contributed by atoms with van der Waals surface area (Å²) in [4.78, 5) is 12.8. The Bertz CT molecular complexity index is 1570. The van der Waals surface area contributed by atoms with Gasteiger partial charge in [0.2, 0.25) is 0 Å². The maximum absolute atomic E-state index is 15.7. The van der Waals surface area contributed by atoms with Crippen LogP contribution < -0.4 is 5.73 Å². The van der Waals surface area contributed by atoms with Crippen LogP contribution in [0, 0.1) is 0 Å². The van der Waals surface area contributed by atoms with Crippen LogP contribution in [0.15, 0.2) is 104 Å². The molecule has 42 heavy (non-hydrogen) atoms. The fourth-order valence-corrected chi connectivity index (χ4v) is 5.28. The molecule has 0 saturated carbocycles. The molecule has 0 unspecified atom stereocenters. The fraction of sp³-hybridized carbons (Fsp3) is 0.281. The number of rotatable bonds is 12. The number of hydrogen-bond acceptors (Lipinski definition) is 8. The van der Waals surface area contributed by atoms with Crippen molar-refractivity contribution in [1.82, 2.24) is 19.5 Å². The third-order valence-electron chi connectivity index (χ3n) is 7.41. The van der Waals surface area contributed by atoms with Crippen LogP contribution in [-0.4, -0.2) is 50.6 Å². The number of aromatic nitrogens is 4. The Kier molecular flexibility index (Phi) is 8.47. The van der Waals surface area contributed by atoms with Crippen LogP contribution in [0.4, 0.5) is 10.2 Å². The predicted molar refractivity (Wildman–Crippen MR) is 155 cm³/mol. The molecule has 0 radical (unpaired) electrons. The molecular formula is C32H32FN5O4. The maximum Gasteiger partial charge on any atom is 0.171 e. The van der Waals surface area contributed by atoms with Gasteiger partial charge in [-0.1, -0.05) is 91.0 Å². The summed E-state index contributed by atoms with van der Waals surface area (Å²) in [6.07, 6.45) is 0.361. The highest BCUT2D eigenvalue weighted by atomic mass is 19.1. The van der Waals surface area contributed by atoms with E-state index >= 15 is 4.39 Å². The molecule has 0 aliphatic carbocycles. The third-order valence-corrected chi connectivity index (χ3v) is 7.41. The van der Waals surface area contributed by atoms with Crippen LogP contribution in [0.3, 0.4) is 0 Å². The number of anilines is 1. The van der Waals surface area contributed by atoms with E-state index in [9.17, 15) is 0 Å². The number of nitrogens with two attached hydrogens (primary N) is 1. The number of halogens is 1. The zero-order valence-electron chi connectivity index (χ0n) is 23.0. The van der Waals surface area contributed by atoms with Crippen molar-refractivity contribution in [2.45, 2.75) is 43.9 Å². The SMILES string of the molecule is Nc1ncnc2c1ncn2[C@@H]1O[C@H](COCc2ccccc2)[C@@H](OCc2ccccc2)[C@@]1(CF)OCc1ccccc1. The zero-order chi connectivity index (χ0) is 28.8. The molecule has 10 heteroatoms. The Balaban J connectivity index is 1.37. The maximum atomic E-state index is 15.7. The smallest absolute Gasteiger partial charge is 0.171 e. The van der Waals surface area contributed by atoms with Gasteiger partial charge in [0.05, 0.1) is 32.8 Å². The van der Waals surface area contributed by atoms with Crippen LogP contribution >= 0.6 is 0 Å². The summed E-state index contributed by atoms with van der Waals surface area (Å²) in [5.41, 5.74) is 8.14. The molecule has 0 spiro atoms. The molecule has 1 fully saturated rings. The molecule has 3 heterocycles. The van der Waals surface area contributed by atoms with Gasteiger partial charge in [-0.15, -0.1) is 0 Å². The van der Waals surface area contributed by atoms with Gasteiger partial charge in [0.1, 0.15) is 30.7 Å². The number of nitrogen functional groups attached to an aromatic ring is 1. The summed E-state index contributed by atoms with van der Waals surface area (Å²) in [5, 5.41) is 0. The minimum absolute atomic E-state index is 0.136. The largest absolute Gasteiger partial charge is 0.382 e. The number of imidazole rings is 1. The van der Waals surface area contributed by atoms with Gasteiger partial charge in [0.15, 0.2) is 23.3 Å². The minimum Gasteiger partial charge on any atom is -0.382 e. The first kappa shape index (κ1) is 27.9. The number of nitrogens with zero attached hydrogens (tertiary/aromatic N) is 4. The second-order valence-corrected chi connectivity index (χ2v) is 10.2. The van der Waals surface area contributed by atoms with E-state index in [0.29, 0.717) is 17.8 Å². The van der Waals surface area contributed by atoms with Crippen LogP contribution in [-0.2, 0) is 38.8 Å². The molecule has 2 N–H and O–H groups in total. The monoisotopic (exact) mass is 569 g/mol. The Labute approximate surface area is 243 Å². The van der Waals surface area contributed by atoms with E-state index in [4.69, 9.17) is 24.7 Å². The highest BCUT2D eigenvalue weighted by Crippen LogP contribution is 2.45. The van der Waals surface area contributed by atoms with Crippen molar-refractivity contribution in [1.29, 1.82) is 0 Å². The molecule has 0 amide bonds. The topological polar surface area (TPSA) is 107 Å². The van der Waals surface area contributed by atoms with E-state index in [1.165, 1.54) is 12.7 Å². The molecule has 1 saturated heterocycles. The van der Waals surface area contributed by atoms with Gasteiger partial charge in [-0.25, -0.2) is 19.3 Å². The lowest BCUT2D eigenvalue weighted by Gasteiger charge is -2.36. The summed E-state index contributed by atoms with van der Waals surface area (Å²) in [6, 6.07) is 29.1. The van der Waals surface area contributed by atoms with E-state index < -0.39 is 30.7 Å². The van der Waals surface area contributed by atoms with E-state index in [0.717, 1.165) is 16.7 Å². The normalized spacial score (nSPS) is 22.1. The number of hydrogen-bond donors (Lipinski definition) is 1. The van der Waals surface area contributed by atoms with Crippen LogP contribution in [0.2, 0.25) is 0 Å². The lowest BCUT2D eigenvalue weighted by molar-refractivity contribution is -0.179. The number of benzene rings is 3. The fourth-order valence-electron chi connectivity index (χ4n) is 5.28. The first-order valence-electron chi connectivity index (χ1n) is 13.8. The highest BCUT2D eigenvalue weighted by molar-refractivity contribution is 5.81. The first-order chi connectivity index (χ1) is 20.7. The van der Waals surface area contributed by atoms with Crippen molar-refractivity contribution in [3.05, 3.63) is 120 Å². The molecule has 5 aromatic rings. The van der Waals surface area contributed by atoms with Crippen LogP contribution in [0.1, 0.15) is 22.9 Å². The summed E-state index contributed by atoms with van der Waals surface area (Å²) in [7, 11) is 0. The van der Waals surface area contributed by atoms with Gasteiger partial charge in [0, 0.05) is 0 Å². The summed E-state index contributed by atoms with van der Waals surface area (Å²) in [5.74, 6) is 0.215. The van der Waals surface area contributed by atoms with Crippen molar-refractivity contribution < 1.29 is 23.3 Å². The Morgan fingerprint density at radius 1 is 0.810 bits per heavy atom. The predicted octanol–water partition coefficient (Wildman–Crippen LogP) is 5.03. The second kappa shape index (κ2) is 12.7. The van der Waals surface area contributed by atoms with Crippen LogP contribution in [0.25, 0.3) is 11.2 Å². The molecule has 6 rings (SSSR count). The number of fused-ring (bicyclic) bond motifs is 1. The van der Waals surface area contributed by atoms with Crippen molar-refractivity contribution >= 4 is 17.0 Å². The molecule has 1 aliphatic heterocycles. The van der Waals surface area contributed by atoms with Crippen molar-refractivity contribution in [2.75, 3.05) is 19.0 Å². The van der Waals surface area contributed by atoms with Gasteiger partial charge in [-0.05, 0) is 16.7 Å². The second-order valence-electron chi connectivity index (χ2n) is 10.2. The lowest BCUT2D eigenvalue weighted by Crippen LogP contribution is -2.52. The standard InChI is InChI=1S/C32H32FN5O4/c33-20-32(41-18-25-14-8-3-9-15-25)28(40-17-24-12-6-2-7-13-24)26(19-39-16-23-10-4-1-5-11-23)42-31(32)38-22-37-27-29(34)35-21-36-30(27)38/h1-15,21-22,26,28,31H,16-20H2,(H2,34,35,36)/t26-,28-,31-,32-/m1/s1. The van der Waals surface area contributed by atoms with E-state index in [2.05, 4.69) is 15.0 Å². The molecule has 9 nitrogen and oxygen atoms in total. The van der Waals surface area contributed by atoms with Gasteiger partial charge in [-0.2, -0.15) is 0 Å². The Morgan fingerprint density at radius 3 is 2.07 bits per heavy atom. The van der Waals surface area contributed by atoms with E-state index in [1.54, 1.807) is 4.57 Å². The molecule has 2 aromatic heterocycles. The molecule has 216 valence electrons. The zero-order valence-corrected chi connectivity index (χ0v) is 23.0. The Morgan fingerprint density at radius 2 is 1.43 bits per heavy atom. The average molecular weight is 570 g/mol. The Hall–Kier alpha value is -4.22. The van der Waals surface area contributed by atoms with E-state index in [-0.39, 0.29) is 25.6 Å². The van der Waals surface area contributed by atoms with Crippen molar-refractivity contribution in [3.8, 4) is 0 Å². The summed E-state index contributed by atoms with van der Waals surface area (Å²) >= 11 is 0. The third kappa shape index (κ3) is 5.75. The summed E-state index contributed by atoms with van der Waals surface area (Å²) < 4.78 is 43.1. The van der Waals surface area contributed by atoms with Gasteiger partial charge >= 0.3 is 0 Å². The molecule has 3 aromatic carbocycles. The van der Waals surface area contributed by atoms with Crippen molar-refractivity contribution in [3.63, 3.8) is 0 Å². The minimum atomic E-state index is -1.57. The molecular weight excluding hydrogens is 537 g/mol. The van der Waals surface area contributed by atoms with Gasteiger partial charge < -0.3 is 24.7 Å². The number of alkyl halides is 1. The summed E-state index contributed by atoms with van der Waals surface area (Å²) in [6.45, 7) is -0.0311. The van der Waals surface area contributed by atoms with Crippen molar-refractivity contribution in [2.24, 2.45) is 0 Å². The quantitative estimate of drug-likeness (QED) is 0.223. The molecule has 4 atom stereocenters. The first-order valence-corrected chi connectivity index (χ1v) is 13.8. The van der Waals surface area contributed by atoms with Gasteiger partial charge in [0.25, 0.3) is 0 Å².